The van der Waals surface area contributed by atoms with Crippen molar-refractivity contribution in [1.29, 1.82) is 0 Å². The van der Waals surface area contributed by atoms with Crippen LogP contribution in [-0.4, -0.2) is 27.8 Å². The Morgan fingerprint density at radius 1 is 1.17 bits per heavy atom. The highest BCUT2D eigenvalue weighted by Gasteiger charge is 2.37. The topological polar surface area (TPSA) is 30.5 Å². The smallest absolute Gasteiger partial charge is 0.122 e. The van der Waals surface area contributed by atoms with Gasteiger partial charge in [0, 0.05) is 17.5 Å². The lowest BCUT2D eigenvalue weighted by Gasteiger charge is -2.31. The molecule has 1 N–H and O–H groups in total. The van der Waals surface area contributed by atoms with Gasteiger partial charge in [-0.2, -0.15) is 0 Å². The molecule has 0 atom stereocenters. The van der Waals surface area contributed by atoms with Crippen LogP contribution in [0.4, 0.5) is 0 Å². The standard InChI is InChI=1S/C15H23NO2/c1-16-11-15(8-4-5-9-15)13-10-12(17-2)6-7-14(13)18-3/h6-7,10,16H,4-5,8-9,11H2,1-3H3. The maximum absolute atomic E-state index is 5.55. The fourth-order valence-electron chi connectivity index (χ4n) is 3.16. The van der Waals surface area contributed by atoms with Crippen molar-refractivity contribution in [3.63, 3.8) is 0 Å². The molecule has 1 saturated carbocycles. The molecule has 0 amide bonds. The van der Waals surface area contributed by atoms with E-state index in [1.807, 2.05) is 19.2 Å². The third kappa shape index (κ3) is 2.32. The maximum Gasteiger partial charge on any atom is 0.122 e. The van der Waals surface area contributed by atoms with Crippen molar-refractivity contribution in [1.82, 2.24) is 5.32 Å². The van der Waals surface area contributed by atoms with Gasteiger partial charge in [-0.05, 0) is 38.1 Å². The third-order valence-electron chi connectivity index (χ3n) is 4.05. The molecule has 100 valence electrons. The van der Waals surface area contributed by atoms with Crippen LogP contribution >= 0.6 is 0 Å². The summed E-state index contributed by atoms with van der Waals surface area (Å²) in [6, 6.07) is 6.12. The van der Waals surface area contributed by atoms with E-state index in [1.54, 1.807) is 14.2 Å². The molecule has 1 aliphatic rings. The van der Waals surface area contributed by atoms with Gasteiger partial charge in [-0.15, -0.1) is 0 Å². The van der Waals surface area contributed by atoms with Gasteiger partial charge < -0.3 is 14.8 Å². The van der Waals surface area contributed by atoms with Crippen molar-refractivity contribution in [2.75, 3.05) is 27.8 Å². The van der Waals surface area contributed by atoms with Gasteiger partial charge in [0.1, 0.15) is 11.5 Å². The molecule has 18 heavy (non-hydrogen) atoms. The largest absolute Gasteiger partial charge is 0.497 e. The monoisotopic (exact) mass is 249 g/mol. The van der Waals surface area contributed by atoms with Gasteiger partial charge in [-0.3, -0.25) is 0 Å². The number of hydrogen-bond donors (Lipinski definition) is 1. The summed E-state index contributed by atoms with van der Waals surface area (Å²) in [5.74, 6) is 1.89. The van der Waals surface area contributed by atoms with Crippen molar-refractivity contribution in [3.05, 3.63) is 23.8 Å². The molecule has 0 aromatic heterocycles. The molecular formula is C15H23NO2. The van der Waals surface area contributed by atoms with Crippen LogP contribution in [0.5, 0.6) is 11.5 Å². The summed E-state index contributed by atoms with van der Waals surface area (Å²) in [6.45, 7) is 0.997. The Labute approximate surface area is 109 Å². The van der Waals surface area contributed by atoms with E-state index >= 15 is 0 Å². The SMILES string of the molecule is CNCC1(c2cc(OC)ccc2OC)CCCC1. The maximum atomic E-state index is 5.55. The molecule has 0 radical (unpaired) electrons. The van der Waals surface area contributed by atoms with Crippen LogP contribution in [-0.2, 0) is 5.41 Å². The van der Waals surface area contributed by atoms with E-state index in [0.717, 1.165) is 18.0 Å². The zero-order valence-electron chi connectivity index (χ0n) is 11.6. The van der Waals surface area contributed by atoms with Crippen LogP contribution in [0.1, 0.15) is 31.2 Å². The van der Waals surface area contributed by atoms with Gasteiger partial charge in [0.2, 0.25) is 0 Å². The van der Waals surface area contributed by atoms with Crippen molar-refractivity contribution in [2.45, 2.75) is 31.1 Å². The van der Waals surface area contributed by atoms with E-state index in [9.17, 15) is 0 Å². The molecule has 1 aliphatic carbocycles. The molecule has 0 heterocycles. The van der Waals surface area contributed by atoms with E-state index in [2.05, 4.69) is 11.4 Å². The Kier molecular flexibility index (Phi) is 4.12. The third-order valence-corrected chi connectivity index (χ3v) is 4.05. The second kappa shape index (κ2) is 5.61. The predicted molar refractivity (Wildman–Crippen MR) is 73.6 cm³/mol. The molecule has 0 saturated heterocycles. The number of methoxy groups -OCH3 is 2. The predicted octanol–water partition coefficient (Wildman–Crippen LogP) is 2.74. The number of nitrogens with one attached hydrogen (secondary N) is 1. The summed E-state index contributed by atoms with van der Waals surface area (Å²) in [5, 5.41) is 3.34. The zero-order valence-corrected chi connectivity index (χ0v) is 11.6. The van der Waals surface area contributed by atoms with Crippen LogP contribution in [0.25, 0.3) is 0 Å². The highest BCUT2D eigenvalue weighted by Crippen LogP contribution is 2.45. The summed E-state index contributed by atoms with van der Waals surface area (Å²) in [7, 11) is 5.48. The highest BCUT2D eigenvalue weighted by atomic mass is 16.5. The van der Waals surface area contributed by atoms with Crippen LogP contribution in [0.15, 0.2) is 18.2 Å². The van der Waals surface area contributed by atoms with Crippen LogP contribution in [0.2, 0.25) is 0 Å². The first-order chi connectivity index (χ1) is 8.75. The first-order valence-electron chi connectivity index (χ1n) is 6.63. The molecule has 1 aromatic rings. The van der Waals surface area contributed by atoms with Gasteiger partial charge in [0.15, 0.2) is 0 Å². The van der Waals surface area contributed by atoms with Crippen LogP contribution in [0, 0.1) is 0 Å². The molecule has 3 heteroatoms. The summed E-state index contributed by atoms with van der Waals surface area (Å²) in [4.78, 5) is 0. The van der Waals surface area contributed by atoms with E-state index < -0.39 is 0 Å². The minimum absolute atomic E-state index is 0.203. The lowest BCUT2D eigenvalue weighted by molar-refractivity contribution is 0.361. The average molecular weight is 249 g/mol. The van der Waals surface area contributed by atoms with Crippen molar-refractivity contribution in [2.24, 2.45) is 0 Å². The van der Waals surface area contributed by atoms with E-state index in [4.69, 9.17) is 9.47 Å². The fraction of sp³-hybridized carbons (Fsp3) is 0.600. The fourth-order valence-corrected chi connectivity index (χ4v) is 3.16. The van der Waals surface area contributed by atoms with Gasteiger partial charge in [-0.1, -0.05) is 12.8 Å². The highest BCUT2D eigenvalue weighted by molar-refractivity contribution is 5.46. The van der Waals surface area contributed by atoms with E-state index in [1.165, 1.54) is 31.2 Å². The summed E-state index contributed by atoms with van der Waals surface area (Å²) < 4.78 is 10.9. The van der Waals surface area contributed by atoms with Gasteiger partial charge in [0.05, 0.1) is 14.2 Å². The minimum atomic E-state index is 0.203. The Morgan fingerprint density at radius 2 is 1.89 bits per heavy atom. The molecule has 1 aromatic carbocycles. The van der Waals surface area contributed by atoms with Crippen LogP contribution in [0.3, 0.4) is 0 Å². The van der Waals surface area contributed by atoms with E-state index in [0.29, 0.717) is 0 Å². The van der Waals surface area contributed by atoms with Gasteiger partial charge in [-0.25, -0.2) is 0 Å². The molecule has 3 nitrogen and oxygen atoms in total. The molecule has 0 aliphatic heterocycles. The number of rotatable bonds is 5. The zero-order chi connectivity index (χ0) is 13.0. The summed E-state index contributed by atoms with van der Waals surface area (Å²) in [5.41, 5.74) is 1.49. The second-order valence-electron chi connectivity index (χ2n) is 5.08. The van der Waals surface area contributed by atoms with Crippen molar-refractivity contribution < 1.29 is 9.47 Å². The molecule has 0 unspecified atom stereocenters. The molecule has 0 bridgehead atoms. The molecule has 0 spiro atoms. The lowest BCUT2D eigenvalue weighted by Crippen LogP contribution is -2.34. The van der Waals surface area contributed by atoms with Crippen molar-refractivity contribution in [3.8, 4) is 11.5 Å². The van der Waals surface area contributed by atoms with Gasteiger partial charge >= 0.3 is 0 Å². The Balaban J connectivity index is 2.44. The normalized spacial score (nSPS) is 17.7. The Morgan fingerprint density at radius 3 is 2.44 bits per heavy atom. The first kappa shape index (κ1) is 13.2. The number of benzene rings is 1. The van der Waals surface area contributed by atoms with Crippen molar-refractivity contribution >= 4 is 0 Å². The number of hydrogen-bond acceptors (Lipinski definition) is 3. The minimum Gasteiger partial charge on any atom is -0.497 e. The quantitative estimate of drug-likeness (QED) is 0.870. The first-order valence-corrected chi connectivity index (χ1v) is 6.63. The number of likely N-dealkylation sites (N-methyl/N-ethyl adjacent to an activating group) is 1. The molecule has 2 rings (SSSR count). The Bertz CT molecular complexity index is 397. The average Bonchev–Trinajstić information content (AvgIpc) is 2.88. The van der Waals surface area contributed by atoms with Gasteiger partial charge in [0.25, 0.3) is 0 Å². The summed E-state index contributed by atoms with van der Waals surface area (Å²) in [6.07, 6.45) is 5.03. The van der Waals surface area contributed by atoms with Crippen LogP contribution < -0.4 is 14.8 Å². The molecule has 1 fully saturated rings. The molecular weight excluding hydrogens is 226 g/mol. The summed E-state index contributed by atoms with van der Waals surface area (Å²) >= 11 is 0. The van der Waals surface area contributed by atoms with E-state index in [-0.39, 0.29) is 5.41 Å². The lowest BCUT2D eigenvalue weighted by atomic mass is 9.78. The Hall–Kier alpha value is -1.22. The second-order valence-corrected chi connectivity index (χ2v) is 5.08. The number of ether oxygens (including phenoxy) is 2.